The predicted molar refractivity (Wildman–Crippen MR) is 80.2 cm³/mol. The Bertz CT molecular complexity index is 753. The Kier molecular flexibility index (Phi) is 2.52. The number of hydrogen-bond acceptors (Lipinski definition) is 3. The fourth-order valence-corrected chi connectivity index (χ4v) is 2.99. The molecule has 18 heavy (non-hydrogen) atoms. The average Bonchev–Trinajstić information content (AvgIpc) is 2.37. The Morgan fingerprint density at radius 2 is 1.89 bits per heavy atom. The lowest BCUT2D eigenvalue weighted by Gasteiger charge is -2.00. The zero-order chi connectivity index (χ0) is 12.7. The Morgan fingerprint density at radius 1 is 1.11 bits per heavy atom. The predicted octanol–water partition coefficient (Wildman–Crippen LogP) is 3.66. The van der Waals surface area contributed by atoms with Crippen LogP contribution in [0.3, 0.4) is 0 Å². The molecule has 3 N–H and O–H groups in total. The fraction of sp³-hybridized carbons (Fsp3) is 0.143. The molecule has 0 unspecified atom stereocenters. The Hall–Kier alpha value is -1.94. The van der Waals surface area contributed by atoms with Crippen LogP contribution in [-0.4, -0.2) is 12.0 Å². The summed E-state index contributed by atoms with van der Waals surface area (Å²) < 4.78 is 2.29. The number of nitrogen functional groups attached to an aromatic ring is 1. The van der Waals surface area contributed by atoms with Crippen molar-refractivity contribution in [2.75, 3.05) is 18.1 Å². The summed E-state index contributed by atoms with van der Waals surface area (Å²) in [5.74, 6) is 0. The molecule has 0 spiro atoms. The quantitative estimate of drug-likeness (QED) is 0.397. The van der Waals surface area contributed by atoms with Crippen molar-refractivity contribution in [2.24, 2.45) is 0 Å². The minimum absolute atomic E-state index is 0.824. The Morgan fingerprint density at radius 3 is 2.67 bits per heavy atom. The van der Waals surface area contributed by atoms with Gasteiger partial charge in [-0.2, -0.15) is 0 Å². The highest BCUT2D eigenvalue weighted by atomic mass is 32.1. The van der Waals surface area contributed by atoms with E-state index in [1.807, 2.05) is 38.2 Å². The Labute approximate surface area is 109 Å². The molecule has 0 aliphatic carbocycles. The molecule has 0 saturated carbocycles. The summed E-state index contributed by atoms with van der Waals surface area (Å²) >= 11 is 1.72. The maximum absolute atomic E-state index is 5.95. The van der Waals surface area contributed by atoms with E-state index < -0.39 is 0 Å². The smallest absolute Gasteiger partial charge is 0.259 e. The van der Waals surface area contributed by atoms with Gasteiger partial charge in [-0.3, -0.25) is 0 Å². The van der Waals surface area contributed by atoms with Gasteiger partial charge in [-0.1, -0.05) is 0 Å². The van der Waals surface area contributed by atoms with Gasteiger partial charge in [0.25, 0.3) is 9.40 Å². The normalized spacial score (nSPS) is 11.0. The van der Waals surface area contributed by atoms with Crippen LogP contribution in [0.1, 0.15) is 5.56 Å². The number of nitrogens with zero attached hydrogens (tertiary/aromatic N) is 1. The zero-order valence-corrected chi connectivity index (χ0v) is 11.1. The number of aromatic nitrogens is 1. The zero-order valence-electron chi connectivity index (χ0n) is 10.3. The molecule has 0 amide bonds. The highest BCUT2D eigenvalue weighted by Crippen LogP contribution is 2.30. The second-order valence-corrected chi connectivity index (χ2v) is 5.41. The number of nitrogens with one attached hydrogen (secondary N) is 1. The summed E-state index contributed by atoms with van der Waals surface area (Å²) in [5, 5.41) is 3.14. The molecule has 0 aliphatic heterocycles. The van der Waals surface area contributed by atoms with Gasteiger partial charge < -0.3 is 11.1 Å². The van der Waals surface area contributed by atoms with Crippen LogP contribution < -0.4 is 11.1 Å². The minimum Gasteiger partial charge on any atom is -0.398 e. The molecule has 0 bridgehead atoms. The van der Waals surface area contributed by atoms with Gasteiger partial charge in [0, 0.05) is 30.6 Å². The molecule has 3 rings (SSSR count). The van der Waals surface area contributed by atoms with E-state index in [0.29, 0.717) is 0 Å². The van der Waals surface area contributed by atoms with Crippen LogP contribution in [0, 0.1) is 6.92 Å². The van der Waals surface area contributed by atoms with Crippen molar-refractivity contribution in [2.45, 2.75) is 6.92 Å². The van der Waals surface area contributed by atoms with E-state index in [9.17, 15) is 0 Å². The summed E-state index contributed by atoms with van der Waals surface area (Å²) in [4.78, 5) is 4.68. The number of rotatable bonds is 1. The van der Waals surface area contributed by atoms with Gasteiger partial charge in [-0.05, 0) is 30.7 Å². The molecule has 3 aromatic rings. The molecular formula is C14H14N3S+. The molecule has 0 saturated heterocycles. The molecule has 2 aromatic carbocycles. The van der Waals surface area contributed by atoms with Crippen LogP contribution in [0.25, 0.3) is 20.4 Å². The number of anilines is 2. The first-order chi connectivity index (χ1) is 8.67. The number of nitrogens with two attached hydrogens (primary N) is 1. The summed E-state index contributed by atoms with van der Waals surface area (Å²) in [5.41, 5.74) is 11.0. The van der Waals surface area contributed by atoms with Crippen molar-refractivity contribution in [3.8, 4) is 0 Å². The molecule has 0 radical (unpaired) electrons. The molecule has 3 nitrogen and oxygen atoms in total. The third-order valence-electron chi connectivity index (χ3n) is 3.06. The van der Waals surface area contributed by atoms with Crippen LogP contribution >= 0.6 is 11.3 Å². The van der Waals surface area contributed by atoms with Gasteiger partial charge in [0.15, 0.2) is 0 Å². The largest absolute Gasteiger partial charge is 0.398 e. The van der Waals surface area contributed by atoms with E-state index >= 15 is 0 Å². The molecule has 0 aliphatic rings. The monoisotopic (exact) mass is 256 g/mol. The molecule has 0 fully saturated rings. The molecule has 1 heterocycles. The first-order valence-corrected chi connectivity index (χ1v) is 6.60. The second-order valence-electron chi connectivity index (χ2n) is 4.32. The van der Waals surface area contributed by atoms with E-state index in [0.717, 1.165) is 37.4 Å². The lowest BCUT2D eigenvalue weighted by molar-refractivity contribution is 1.45. The summed E-state index contributed by atoms with van der Waals surface area (Å²) in [6, 6.07) is 10.3. The van der Waals surface area contributed by atoms with Crippen molar-refractivity contribution in [1.29, 1.82) is 0 Å². The van der Waals surface area contributed by atoms with Gasteiger partial charge in [-0.25, -0.2) is 4.98 Å². The molecule has 90 valence electrons. The van der Waals surface area contributed by atoms with Gasteiger partial charge >= 0.3 is 0 Å². The van der Waals surface area contributed by atoms with Crippen molar-refractivity contribution in [3.63, 3.8) is 0 Å². The highest BCUT2D eigenvalue weighted by Gasteiger charge is 2.14. The van der Waals surface area contributed by atoms with Crippen LogP contribution in [0.15, 0.2) is 30.3 Å². The second kappa shape index (κ2) is 4.07. The number of aryl methyl sites for hydroxylation is 1. The topological polar surface area (TPSA) is 50.9 Å². The van der Waals surface area contributed by atoms with E-state index in [-0.39, 0.29) is 0 Å². The molecule has 1 aromatic heterocycles. The number of fused-ring (bicyclic) bond motifs is 2. The fourth-order valence-electron chi connectivity index (χ4n) is 1.95. The number of hydrogen-bond donors (Lipinski definition) is 2. The van der Waals surface area contributed by atoms with Crippen molar-refractivity contribution in [1.82, 2.24) is 4.98 Å². The number of benzene rings is 2. The van der Waals surface area contributed by atoms with E-state index in [2.05, 4.69) is 16.4 Å². The average molecular weight is 256 g/mol. The van der Waals surface area contributed by atoms with Gasteiger partial charge in [0.2, 0.25) is 11.3 Å². The highest BCUT2D eigenvalue weighted by molar-refractivity contribution is 7.24. The van der Waals surface area contributed by atoms with Crippen LogP contribution in [-0.2, 0) is 0 Å². The third kappa shape index (κ3) is 1.75. The SMILES string of the molecule is CNc1ccc2nc3cc(C)c(N)cc3[s+]c2c1. The molecule has 4 heteroatoms. The van der Waals surface area contributed by atoms with Crippen LogP contribution in [0.2, 0.25) is 0 Å². The first kappa shape index (κ1) is 11.2. The van der Waals surface area contributed by atoms with E-state index in [1.165, 1.54) is 0 Å². The summed E-state index contributed by atoms with van der Waals surface area (Å²) in [6.07, 6.45) is 0. The maximum Gasteiger partial charge on any atom is 0.259 e. The van der Waals surface area contributed by atoms with Crippen LogP contribution in [0.5, 0.6) is 0 Å². The summed E-state index contributed by atoms with van der Waals surface area (Å²) in [6.45, 7) is 2.01. The standard InChI is InChI=1S/C14H14N3S/c1-8-5-12-14(7-10(8)15)18-13-6-9(16-2)3-4-11(13)17-12/h3-7,16H,15H2,1-2H3/q+1. The van der Waals surface area contributed by atoms with Crippen molar-refractivity contribution in [3.05, 3.63) is 35.9 Å². The Balaban J connectivity index is 2.36. The van der Waals surface area contributed by atoms with Gasteiger partial charge in [-0.15, -0.1) is 0 Å². The summed E-state index contributed by atoms with van der Waals surface area (Å²) in [7, 11) is 1.92. The van der Waals surface area contributed by atoms with Crippen LogP contribution in [0.4, 0.5) is 11.4 Å². The maximum atomic E-state index is 5.95. The van der Waals surface area contributed by atoms with Gasteiger partial charge in [0.05, 0.1) is 0 Å². The minimum atomic E-state index is 0.824. The van der Waals surface area contributed by atoms with E-state index in [4.69, 9.17) is 5.73 Å². The van der Waals surface area contributed by atoms with Gasteiger partial charge in [0.1, 0.15) is 11.0 Å². The lowest BCUT2D eigenvalue weighted by atomic mass is 10.2. The lowest BCUT2D eigenvalue weighted by Crippen LogP contribution is -1.91. The van der Waals surface area contributed by atoms with E-state index in [1.54, 1.807) is 11.3 Å². The third-order valence-corrected chi connectivity index (χ3v) is 4.15. The van der Waals surface area contributed by atoms with Crippen molar-refractivity contribution < 1.29 is 0 Å². The van der Waals surface area contributed by atoms with Crippen molar-refractivity contribution >= 4 is 43.1 Å². The molecule has 0 atom stereocenters. The molecular weight excluding hydrogens is 242 g/mol. The first-order valence-electron chi connectivity index (χ1n) is 5.79.